The summed E-state index contributed by atoms with van der Waals surface area (Å²) < 4.78 is 5.73. The minimum absolute atomic E-state index is 0.658. The first kappa shape index (κ1) is 14.7. The summed E-state index contributed by atoms with van der Waals surface area (Å²) in [5.41, 5.74) is 0.971. The normalized spacial score (nSPS) is 10.7. The summed E-state index contributed by atoms with van der Waals surface area (Å²) in [5.74, 6) is 1.53. The largest absolute Gasteiger partial charge is 0.476 e. The van der Waals surface area contributed by atoms with Gasteiger partial charge in [0.15, 0.2) is 0 Å². The minimum Gasteiger partial charge on any atom is -0.476 e. The molecule has 0 aromatic carbocycles. The molecule has 0 fully saturated rings. The summed E-state index contributed by atoms with van der Waals surface area (Å²) in [4.78, 5) is 10.7. The van der Waals surface area contributed by atoms with Crippen LogP contribution in [0.2, 0.25) is 0 Å². The van der Waals surface area contributed by atoms with Crippen molar-refractivity contribution in [2.24, 2.45) is 0 Å². The second kappa shape index (κ2) is 7.87. The summed E-state index contributed by atoms with van der Waals surface area (Å²) in [6.07, 6.45) is 1.54. The molecule has 0 spiro atoms. The van der Waals surface area contributed by atoms with E-state index in [0.29, 0.717) is 12.5 Å². The molecule has 1 heterocycles. The lowest BCUT2D eigenvalue weighted by Crippen LogP contribution is -2.28. The molecule has 0 aliphatic rings. The Morgan fingerprint density at radius 2 is 1.94 bits per heavy atom. The Morgan fingerprint density at radius 3 is 2.56 bits per heavy atom. The maximum atomic E-state index is 5.73. The molecule has 5 nitrogen and oxygen atoms in total. The number of aromatic nitrogens is 2. The highest BCUT2D eigenvalue weighted by Crippen LogP contribution is 2.19. The van der Waals surface area contributed by atoms with Crippen LogP contribution in [0, 0.1) is 6.92 Å². The average Bonchev–Trinajstić information content (AvgIpc) is 2.39. The van der Waals surface area contributed by atoms with Crippen LogP contribution in [-0.2, 0) is 0 Å². The molecule has 5 heteroatoms. The number of nitrogens with zero attached hydrogens (tertiary/aromatic N) is 3. The fourth-order valence-corrected chi connectivity index (χ4v) is 1.74. The Balaban J connectivity index is 2.54. The standard InChI is InChI=1S/C13H24N4O/c1-5-14-12-11(4)13(16-10-15-12)18-9-8-17(6-2)7-3/h10H,5-9H2,1-4H3,(H,14,15,16). The predicted molar refractivity (Wildman–Crippen MR) is 74.2 cm³/mol. The number of nitrogens with one attached hydrogen (secondary N) is 1. The molecule has 1 aromatic rings. The van der Waals surface area contributed by atoms with E-state index in [-0.39, 0.29) is 0 Å². The highest BCUT2D eigenvalue weighted by Gasteiger charge is 2.07. The predicted octanol–water partition coefficient (Wildman–Crippen LogP) is 1.94. The van der Waals surface area contributed by atoms with E-state index in [1.165, 1.54) is 6.33 Å². The van der Waals surface area contributed by atoms with Crippen LogP contribution in [-0.4, -0.2) is 47.7 Å². The molecule has 0 unspecified atom stereocenters. The lowest BCUT2D eigenvalue weighted by molar-refractivity contribution is 0.217. The van der Waals surface area contributed by atoms with Crippen LogP contribution in [0.15, 0.2) is 6.33 Å². The fourth-order valence-electron chi connectivity index (χ4n) is 1.74. The molecule has 0 aliphatic heterocycles. The topological polar surface area (TPSA) is 50.3 Å². The quantitative estimate of drug-likeness (QED) is 0.766. The molecule has 0 radical (unpaired) electrons. The van der Waals surface area contributed by atoms with Crippen LogP contribution < -0.4 is 10.1 Å². The Labute approximate surface area is 110 Å². The second-order valence-electron chi connectivity index (χ2n) is 4.06. The molecule has 1 aromatic heterocycles. The number of ether oxygens (including phenoxy) is 1. The smallest absolute Gasteiger partial charge is 0.221 e. The summed E-state index contributed by atoms with van der Waals surface area (Å²) in [6.45, 7) is 12.9. The van der Waals surface area contributed by atoms with Crippen molar-refractivity contribution in [3.05, 3.63) is 11.9 Å². The Morgan fingerprint density at radius 1 is 1.22 bits per heavy atom. The summed E-state index contributed by atoms with van der Waals surface area (Å²) in [6, 6.07) is 0. The summed E-state index contributed by atoms with van der Waals surface area (Å²) in [5, 5.41) is 3.20. The van der Waals surface area contributed by atoms with Crippen LogP contribution in [0.3, 0.4) is 0 Å². The van der Waals surface area contributed by atoms with Gasteiger partial charge in [0.25, 0.3) is 0 Å². The van der Waals surface area contributed by atoms with Crippen LogP contribution in [0.25, 0.3) is 0 Å². The van der Waals surface area contributed by atoms with Crippen molar-refractivity contribution < 1.29 is 4.74 Å². The van der Waals surface area contributed by atoms with E-state index in [2.05, 4.69) is 34.0 Å². The van der Waals surface area contributed by atoms with Gasteiger partial charge in [-0.3, -0.25) is 0 Å². The number of likely N-dealkylation sites (N-methyl/N-ethyl adjacent to an activating group) is 1. The number of hydrogen-bond acceptors (Lipinski definition) is 5. The van der Waals surface area contributed by atoms with Crippen molar-refractivity contribution in [3.8, 4) is 5.88 Å². The molecular formula is C13H24N4O. The molecule has 0 atom stereocenters. The van der Waals surface area contributed by atoms with E-state index in [4.69, 9.17) is 4.74 Å². The van der Waals surface area contributed by atoms with E-state index in [1.807, 2.05) is 13.8 Å². The zero-order chi connectivity index (χ0) is 13.4. The van der Waals surface area contributed by atoms with Gasteiger partial charge >= 0.3 is 0 Å². The van der Waals surface area contributed by atoms with E-state index < -0.39 is 0 Å². The highest BCUT2D eigenvalue weighted by atomic mass is 16.5. The van der Waals surface area contributed by atoms with Crippen molar-refractivity contribution in [2.75, 3.05) is 38.1 Å². The molecule has 0 amide bonds. The van der Waals surface area contributed by atoms with Gasteiger partial charge in [0.05, 0.1) is 5.56 Å². The van der Waals surface area contributed by atoms with E-state index in [9.17, 15) is 0 Å². The zero-order valence-corrected chi connectivity index (χ0v) is 11.9. The van der Waals surface area contributed by atoms with Gasteiger partial charge in [-0.15, -0.1) is 0 Å². The van der Waals surface area contributed by atoms with Gasteiger partial charge in [0.1, 0.15) is 18.8 Å². The average molecular weight is 252 g/mol. The SMILES string of the molecule is CCNc1ncnc(OCCN(CC)CC)c1C. The third-order valence-corrected chi connectivity index (χ3v) is 2.92. The van der Waals surface area contributed by atoms with Crippen molar-refractivity contribution in [1.82, 2.24) is 14.9 Å². The third-order valence-electron chi connectivity index (χ3n) is 2.92. The molecule has 0 saturated carbocycles. The second-order valence-corrected chi connectivity index (χ2v) is 4.06. The van der Waals surface area contributed by atoms with Gasteiger partial charge in [0, 0.05) is 13.1 Å². The van der Waals surface area contributed by atoms with Crippen LogP contribution in [0.5, 0.6) is 5.88 Å². The van der Waals surface area contributed by atoms with Gasteiger partial charge in [0.2, 0.25) is 5.88 Å². The maximum absolute atomic E-state index is 5.73. The summed E-state index contributed by atoms with van der Waals surface area (Å²) >= 11 is 0. The van der Waals surface area contributed by atoms with Crippen LogP contribution in [0.4, 0.5) is 5.82 Å². The van der Waals surface area contributed by atoms with Gasteiger partial charge < -0.3 is 15.0 Å². The lowest BCUT2D eigenvalue weighted by Gasteiger charge is -2.18. The molecule has 1 rings (SSSR count). The van der Waals surface area contributed by atoms with E-state index >= 15 is 0 Å². The minimum atomic E-state index is 0.658. The van der Waals surface area contributed by atoms with E-state index in [0.717, 1.165) is 37.6 Å². The number of rotatable bonds is 8. The highest BCUT2D eigenvalue weighted by molar-refractivity contribution is 5.47. The van der Waals surface area contributed by atoms with Gasteiger partial charge in [-0.2, -0.15) is 0 Å². The van der Waals surface area contributed by atoms with Crippen molar-refractivity contribution in [1.29, 1.82) is 0 Å². The molecule has 0 aliphatic carbocycles. The molecule has 102 valence electrons. The van der Waals surface area contributed by atoms with Gasteiger partial charge in [-0.05, 0) is 26.9 Å². The first-order valence-electron chi connectivity index (χ1n) is 6.63. The van der Waals surface area contributed by atoms with Crippen molar-refractivity contribution in [2.45, 2.75) is 27.7 Å². The monoisotopic (exact) mass is 252 g/mol. The Bertz CT molecular complexity index is 353. The first-order valence-corrected chi connectivity index (χ1v) is 6.63. The fraction of sp³-hybridized carbons (Fsp3) is 0.692. The van der Waals surface area contributed by atoms with Crippen LogP contribution in [0.1, 0.15) is 26.3 Å². The number of hydrogen-bond donors (Lipinski definition) is 1. The number of anilines is 1. The third kappa shape index (κ3) is 4.14. The maximum Gasteiger partial charge on any atom is 0.221 e. The van der Waals surface area contributed by atoms with Gasteiger partial charge in [-0.25, -0.2) is 9.97 Å². The van der Waals surface area contributed by atoms with Crippen molar-refractivity contribution >= 4 is 5.82 Å². The molecule has 1 N–H and O–H groups in total. The Hall–Kier alpha value is -1.36. The molecule has 0 saturated heterocycles. The molecule has 18 heavy (non-hydrogen) atoms. The van der Waals surface area contributed by atoms with Crippen molar-refractivity contribution in [3.63, 3.8) is 0 Å². The zero-order valence-electron chi connectivity index (χ0n) is 11.9. The van der Waals surface area contributed by atoms with Crippen LogP contribution >= 0.6 is 0 Å². The summed E-state index contributed by atoms with van der Waals surface area (Å²) in [7, 11) is 0. The lowest BCUT2D eigenvalue weighted by atomic mass is 10.3. The van der Waals surface area contributed by atoms with E-state index in [1.54, 1.807) is 0 Å². The molecule has 0 bridgehead atoms. The van der Waals surface area contributed by atoms with Gasteiger partial charge in [-0.1, -0.05) is 13.8 Å². The molecular weight excluding hydrogens is 228 g/mol. The first-order chi connectivity index (χ1) is 8.72. The Kier molecular flexibility index (Phi) is 6.43.